The standard InChI is InChI=1S/C30H30ClNO5/c1-17(2)23-15-24(18(3)14-25(23)37-5)28(33)26-27(20-8-10-21(31)11-9-20)32(30(35)29(26)34)16-19-6-12-22(36-4)13-7-19/h6-15,17,27,33H,16H2,1-5H3/b28-26+. The highest BCUT2D eigenvalue weighted by Gasteiger charge is 2.46. The predicted octanol–water partition coefficient (Wildman–Crippen LogP) is 6.41. The number of methoxy groups -OCH3 is 2. The largest absolute Gasteiger partial charge is 0.507 e. The molecule has 1 aliphatic heterocycles. The Morgan fingerprint density at radius 2 is 1.65 bits per heavy atom. The number of aliphatic hydroxyl groups is 1. The maximum atomic E-state index is 13.4. The van der Waals surface area contributed by atoms with Crippen LogP contribution in [-0.4, -0.2) is 35.9 Å². The molecule has 1 fully saturated rings. The Morgan fingerprint density at radius 1 is 1.00 bits per heavy atom. The van der Waals surface area contributed by atoms with E-state index in [9.17, 15) is 14.7 Å². The number of carbonyl (C=O) groups excluding carboxylic acids is 2. The van der Waals surface area contributed by atoms with Crippen molar-refractivity contribution in [2.75, 3.05) is 14.2 Å². The van der Waals surface area contributed by atoms with Gasteiger partial charge in [-0.15, -0.1) is 0 Å². The van der Waals surface area contributed by atoms with Crippen molar-refractivity contribution in [3.05, 3.63) is 99.1 Å². The van der Waals surface area contributed by atoms with E-state index in [-0.39, 0.29) is 23.8 Å². The lowest BCUT2D eigenvalue weighted by molar-refractivity contribution is -0.140. The fourth-order valence-corrected chi connectivity index (χ4v) is 4.81. The highest BCUT2D eigenvalue weighted by molar-refractivity contribution is 6.46. The molecule has 3 aromatic rings. The van der Waals surface area contributed by atoms with Crippen LogP contribution in [0.4, 0.5) is 0 Å². The van der Waals surface area contributed by atoms with Crippen molar-refractivity contribution in [3.63, 3.8) is 0 Å². The van der Waals surface area contributed by atoms with E-state index in [4.69, 9.17) is 21.1 Å². The first kappa shape index (κ1) is 26.3. The SMILES string of the molecule is COc1ccc(CN2C(=O)C(=O)/C(=C(/O)c3cc(C(C)C)c(OC)cc3C)C2c2ccc(Cl)cc2)cc1. The molecule has 0 aromatic heterocycles. The van der Waals surface area contributed by atoms with E-state index in [1.807, 2.05) is 45.0 Å². The summed E-state index contributed by atoms with van der Waals surface area (Å²) in [6.07, 6.45) is 0. The van der Waals surface area contributed by atoms with E-state index < -0.39 is 17.7 Å². The number of rotatable bonds is 7. The lowest BCUT2D eigenvalue weighted by Crippen LogP contribution is -2.29. The van der Waals surface area contributed by atoms with E-state index >= 15 is 0 Å². The number of ether oxygens (including phenoxy) is 2. The summed E-state index contributed by atoms with van der Waals surface area (Å²) in [5, 5.41) is 12.1. The van der Waals surface area contributed by atoms with E-state index in [1.165, 1.54) is 4.90 Å². The Morgan fingerprint density at radius 3 is 2.22 bits per heavy atom. The Labute approximate surface area is 222 Å². The zero-order chi connectivity index (χ0) is 26.9. The van der Waals surface area contributed by atoms with Gasteiger partial charge in [0.1, 0.15) is 17.3 Å². The summed E-state index contributed by atoms with van der Waals surface area (Å²) in [5.41, 5.74) is 3.66. The molecule has 192 valence electrons. The predicted molar refractivity (Wildman–Crippen MR) is 144 cm³/mol. The Hall–Kier alpha value is -3.77. The van der Waals surface area contributed by atoms with Gasteiger partial charge in [-0.1, -0.05) is 49.7 Å². The lowest BCUT2D eigenvalue weighted by Gasteiger charge is -2.26. The fourth-order valence-electron chi connectivity index (χ4n) is 4.69. The molecule has 0 aliphatic carbocycles. The van der Waals surface area contributed by atoms with Gasteiger partial charge in [-0.3, -0.25) is 9.59 Å². The molecule has 7 heteroatoms. The number of hydrogen-bond acceptors (Lipinski definition) is 5. The summed E-state index contributed by atoms with van der Waals surface area (Å²) in [5.74, 6) is -0.0988. The van der Waals surface area contributed by atoms with Gasteiger partial charge in [0.25, 0.3) is 11.7 Å². The van der Waals surface area contributed by atoms with Crippen LogP contribution in [-0.2, 0) is 16.1 Å². The number of aliphatic hydroxyl groups excluding tert-OH is 1. The zero-order valence-corrected chi connectivity index (χ0v) is 22.3. The second-order valence-electron chi connectivity index (χ2n) is 9.39. The molecule has 6 nitrogen and oxygen atoms in total. The van der Waals surface area contributed by atoms with Crippen molar-refractivity contribution in [2.45, 2.75) is 39.3 Å². The minimum Gasteiger partial charge on any atom is -0.507 e. The summed E-state index contributed by atoms with van der Waals surface area (Å²) in [6.45, 7) is 6.07. The molecule has 1 atom stereocenters. The van der Waals surface area contributed by atoms with Crippen LogP contribution in [0.25, 0.3) is 5.76 Å². The van der Waals surface area contributed by atoms with Crippen LogP contribution in [0.15, 0.2) is 66.2 Å². The Bertz CT molecular complexity index is 1360. The van der Waals surface area contributed by atoms with Gasteiger partial charge in [-0.2, -0.15) is 0 Å². The second kappa shape index (κ2) is 10.7. The van der Waals surface area contributed by atoms with Crippen LogP contribution in [0.1, 0.15) is 53.6 Å². The molecular weight excluding hydrogens is 490 g/mol. The molecule has 1 unspecified atom stereocenters. The van der Waals surface area contributed by atoms with Crippen molar-refractivity contribution >= 4 is 29.1 Å². The average molecular weight is 520 g/mol. The first-order chi connectivity index (χ1) is 17.7. The zero-order valence-electron chi connectivity index (χ0n) is 21.5. The number of likely N-dealkylation sites (tertiary alicyclic amines) is 1. The number of hydrogen-bond donors (Lipinski definition) is 1. The molecular formula is C30H30ClNO5. The number of Topliss-reactive ketones (excluding diaryl/α,β-unsaturated/α-hetero) is 1. The van der Waals surface area contributed by atoms with Crippen LogP contribution in [0, 0.1) is 6.92 Å². The summed E-state index contributed by atoms with van der Waals surface area (Å²) in [7, 11) is 3.19. The highest BCUT2D eigenvalue weighted by Crippen LogP contribution is 2.42. The molecule has 0 spiro atoms. The maximum Gasteiger partial charge on any atom is 0.295 e. The fraction of sp³-hybridized carbons (Fsp3) is 0.267. The molecule has 1 amide bonds. The third-order valence-electron chi connectivity index (χ3n) is 6.69. The van der Waals surface area contributed by atoms with Gasteiger partial charge < -0.3 is 19.5 Å². The molecule has 1 N–H and O–H groups in total. The summed E-state index contributed by atoms with van der Waals surface area (Å²) < 4.78 is 10.8. The van der Waals surface area contributed by atoms with Crippen molar-refractivity contribution in [2.24, 2.45) is 0 Å². The second-order valence-corrected chi connectivity index (χ2v) is 9.83. The summed E-state index contributed by atoms with van der Waals surface area (Å²) in [4.78, 5) is 28.3. The van der Waals surface area contributed by atoms with Crippen LogP contribution in [0.3, 0.4) is 0 Å². The van der Waals surface area contributed by atoms with Gasteiger partial charge in [0.2, 0.25) is 0 Å². The smallest absolute Gasteiger partial charge is 0.295 e. The molecule has 1 aliphatic rings. The van der Waals surface area contributed by atoms with Crippen LogP contribution in [0.2, 0.25) is 5.02 Å². The van der Waals surface area contributed by atoms with E-state index in [2.05, 4.69) is 0 Å². The monoisotopic (exact) mass is 519 g/mol. The topological polar surface area (TPSA) is 76.1 Å². The highest BCUT2D eigenvalue weighted by atomic mass is 35.5. The number of amides is 1. The quantitative estimate of drug-likeness (QED) is 0.222. The van der Waals surface area contributed by atoms with Crippen molar-refractivity contribution in [3.8, 4) is 11.5 Å². The van der Waals surface area contributed by atoms with Gasteiger partial charge >= 0.3 is 0 Å². The minimum atomic E-state index is -0.789. The van der Waals surface area contributed by atoms with E-state index in [1.54, 1.807) is 50.6 Å². The van der Waals surface area contributed by atoms with Gasteiger partial charge in [0.05, 0.1) is 25.8 Å². The molecule has 0 radical (unpaired) electrons. The van der Waals surface area contributed by atoms with E-state index in [0.29, 0.717) is 27.6 Å². The number of benzene rings is 3. The van der Waals surface area contributed by atoms with Crippen molar-refractivity contribution in [1.82, 2.24) is 4.90 Å². The maximum absolute atomic E-state index is 13.4. The van der Waals surface area contributed by atoms with Crippen molar-refractivity contribution < 1.29 is 24.2 Å². The number of carbonyl (C=O) groups is 2. The van der Waals surface area contributed by atoms with Gasteiger partial charge in [0, 0.05) is 17.1 Å². The Kier molecular flexibility index (Phi) is 7.60. The first-order valence-electron chi connectivity index (χ1n) is 12.0. The molecule has 37 heavy (non-hydrogen) atoms. The van der Waals surface area contributed by atoms with Crippen LogP contribution in [0.5, 0.6) is 11.5 Å². The molecule has 1 heterocycles. The average Bonchev–Trinajstić information content (AvgIpc) is 3.13. The van der Waals surface area contributed by atoms with Gasteiger partial charge in [-0.05, 0) is 71.5 Å². The molecule has 1 saturated heterocycles. The third kappa shape index (κ3) is 5.07. The summed E-state index contributed by atoms with van der Waals surface area (Å²) in [6, 6.07) is 17.2. The molecule has 0 bridgehead atoms. The molecule has 4 rings (SSSR count). The number of halogens is 1. The number of ketones is 1. The van der Waals surface area contributed by atoms with E-state index in [0.717, 1.165) is 16.7 Å². The van der Waals surface area contributed by atoms with Crippen molar-refractivity contribution in [1.29, 1.82) is 0 Å². The third-order valence-corrected chi connectivity index (χ3v) is 6.94. The number of aryl methyl sites for hydroxylation is 1. The minimum absolute atomic E-state index is 0.0452. The lowest BCUT2D eigenvalue weighted by atomic mass is 9.91. The van der Waals surface area contributed by atoms with Crippen LogP contribution >= 0.6 is 11.6 Å². The summed E-state index contributed by atoms with van der Waals surface area (Å²) >= 11 is 6.13. The normalized spacial score (nSPS) is 16.9. The van der Waals surface area contributed by atoms with Crippen LogP contribution < -0.4 is 9.47 Å². The first-order valence-corrected chi connectivity index (χ1v) is 12.4. The molecule has 0 saturated carbocycles. The van der Waals surface area contributed by atoms with Gasteiger partial charge in [0.15, 0.2) is 0 Å². The number of nitrogens with zero attached hydrogens (tertiary/aromatic N) is 1. The Balaban J connectivity index is 1.88. The van der Waals surface area contributed by atoms with Gasteiger partial charge in [-0.25, -0.2) is 0 Å². The molecule has 3 aromatic carbocycles.